The molecule has 31 heavy (non-hydrogen) atoms. The summed E-state index contributed by atoms with van der Waals surface area (Å²) < 4.78 is 10.4. The number of benzene rings is 2. The first-order valence-electron chi connectivity index (χ1n) is 9.98. The summed E-state index contributed by atoms with van der Waals surface area (Å²) in [6, 6.07) is 15.6. The van der Waals surface area contributed by atoms with Crippen molar-refractivity contribution in [2.24, 2.45) is 4.99 Å². The van der Waals surface area contributed by atoms with Gasteiger partial charge in [-0.15, -0.1) is 0 Å². The minimum atomic E-state index is -2.27. The number of nitro groups is 1. The minimum absolute atomic E-state index is 0.0278. The lowest BCUT2D eigenvalue weighted by Crippen LogP contribution is -2.54. The second-order valence-electron chi connectivity index (χ2n) is 6.85. The molecule has 0 aliphatic rings. The minimum Gasteiger partial charge on any atom is -0.464 e. The summed E-state index contributed by atoms with van der Waals surface area (Å²) in [6.07, 6.45) is 1.34. The molecular weight excluding hydrogens is 400 g/mol. The van der Waals surface area contributed by atoms with Crippen molar-refractivity contribution in [3.05, 3.63) is 81.4 Å². The average Bonchev–Trinajstić information content (AvgIpc) is 2.75. The van der Waals surface area contributed by atoms with Crippen LogP contribution in [0.25, 0.3) is 0 Å². The molecule has 1 atom stereocenters. The van der Waals surface area contributed by atoms with Crippen molar-refractivity contribution in [1.82, 2.24) is 0 Å². The lowest BCUT2D eigenvalue weighted by atomic mass is 9.78. The highest BCUT2D eigenvalue weighted by atomic mass is 16.6. The summed E-state index contributed by atoms with van der Waals surface area (Å²) in [4.78, 5) is 41.8. The van der Waals surface area contributed by atoms with Gasteiger partial charge in [-0.25, -0.2) is 9.59 Å². The number of nitrogens with zero attached hydrogens (tertiary/aromatic N) is 2. The number of rotatable bonds is 10. The van der Waals surface area contributed by atoms with Crippen LogP contribution in [0.1, 0.15) is 36.5 Å². The van der Waals surface area contributed by atoms with Crippen molar-refractivity contribution in [3.63, 3.8) is 0 Å². The SMILES string of the molecule is CCOC(=O)C(N=Cc1ccccc1)(C(=O)OCC)[C@@H](C[N+](=O)[O-])c1ccc(C)cc1. The number of esters is 2. The van der Waals surface area contributed by atoms with Crippen LogP contribution in [0.4, 0.5) is 0 Å². The highest BCUT2D eigenvalue weighted by molar-refractivity contribution is 6.08. The number of hydrogen-bond acceptors (Lipinski definition) is 7. The Morgan fingerprint density at radius 3 is 2.06 bits per heavy atom. The molecule has 0 amide bonds. The Morgan fingerprint density at radius 2 is 1.58 bits per heavy atom. The quantitative estimate of drug-likeness (QED) is 0.190. The second kappa shape index (κ2) is 11.0. The molecule has 8 heteroatoms. The van der Waals surface area contributed by atoms with E-state index in [1.807, 2.05) is 13.0 Å². The summed E-state index contributed by atoms with van der Waals surface area (Å²) in [5.41, 5.74) is -0.323. The Bertz CT molecular complexity index is 907. The summed E-state index contributed by atoms with van der Waals surface area (Å²) >= 11 is 0. The predicted octanol–water partition coefficient (Wildman–Crippen LogP) is 3.34. The van der Waals surface area contributed by atoms with Gasteiger partial charge in [0.1, 0.15) is 0 Å². The third kappa shape index (κ3) is 5.75. The Hall–Kier alpha value is -3.55. The lowest BCUT2D eigenvalue weighted by molar-refractivity contribution is -0.484. The van der Waals surface area contributed by atoms with Gasteiger partial charge in [-0.05, 0) is 31.9 Å². The summed E-state index contributed by atoms with van der Waals surface area (Å²) in [5, 5.41) is 11.6. The highest BCUT2D eigenvalue weighted by Crippen LogP contribution is 2.35. The zero-order valence-corrected chi connectivity index (χ0v) is 17.8. The topological polar surface area (TPSA) is 108 Å². The van der Waals surface area contributed by atoms with Gasteiger partial charge in [0.05, 0.1) is 19.1 Å². The van der Waals surface area contributed by atoms with E-state index in [-0.39, 0.29) is 13.2 Å². The van der Waals surface area contributed by atoms with Gasteiger partial charge >= 0.3 is 11.9 Å². The van der Waals surface area contributed by atoms with E-state index < -0.39 is 34.9 Å². The van der Waals surface area contributed by atoms with Crippen molar-refractivity contribution < 1.29 is 24.0 Å². The lowest BCUT2D eigenvalue weighted by Gasteiger charge is -2.31. The van der Waals surface area contributed by atoms with Crippen LogP contribution in [-0.2, 0) is 19.1 Å². The van der Waals surface area contributed by atoms with Gasteiger partial charge < -0.3 is 9.47 Å². The van der Waals surface area contributed by atoms with Crippen LogP contribution in [0.5, 0.6) is 0 Å². The number of carbonyl (C=O) groups is 2. The zero-order valence-electron chi connectivity index (χ0n) is 17.8. The predicted molar refractivity (Wildman–Crippen MR) is 116 cm³/mol. The van der Waals surface area contributed by atoms with Gasteiger partial charge in [-0.1, -0.05) is 60.2 Å². The van der Waals surface area contributed by atoms with Crippen molar-refractivity contribution in [2.45, 2.75) is 32.2 Å². The molecule has 0 aliphatic carbocycles. The summed E-state index contributed by atoms with van der Waals surface area (Å²) in [5.74, 6) is -3.22. The molecule has 0 heterocycles. The maximum absolute atomic E-state index is 13.2. The maximum Gasteiger partial charge on any atom is 0.346 e. The Kier molecular flexibility index (Phi) is 8.43. The number of hydrogen-bond donors (Lipinski definition) is 0. The van der Waals surface area contributed by atoms with Crippen LogP contribution < -0.4 is 0 Å². The third-order valence-electron chi connectivity index (χ3n) is 4.71. The normalized spacial score (nSPS) is 12.4. The second-order valence-corrected chi connectivity index (χ2v) is 6.85. The van der Waals surface area contributed by atoms with Crippen LogP contribution in [0, 0.1) is 17.0 Å². The first-order valence-corrected chi connectivity index (χ1v) is 9.98. The van der Waals surface area contributed by atoms with Gasteiger partial charge in [0.15, 0.2) is 0 Å². The highest BCUT2D eigenvalue weighted by Gasteiger charge is 2.57. The molecule has 2 aromatic carbocycles. The summed E-state index contributed by atoms with van der Waals surface area (Å²) in [7, 11) is 0. The molecule has 0 bridgehead atoms. The maximum atomic E-state index is 13.2. The third-order valence-corrected chi connectivity index (χ3v) is 4.71. The molecule has 0 N–H and O–H groups in total. The zero-order chi connectivity index (χ0) is 22.9. The standard InChI is InChI=1S/C23H26N2O6/c1-4-30-21(26)23(22(27)31-5-2,24-15-18-9-7-6-8-10-18)20(16-25(28)29)19-13-11-17(3)12-14-19/h6-15,20H,4-5,16H2,1-3H3/t20-/m0/s1. The Balaban J connectivity index is 2.76. The van der Waals surface area contributed by atoms with E-state index in [4.69, 9.17) is 9.47 Å². The van der Waals surface area contributed by atoms with Gasteiger partial charge in [0, 0.05) is 11.1 Å². The molecule has 2 aromatic rings. The van der Waals surface area contributed by atoms with Crippen molar-refractivity contribution >= 4 is 18.2 Å². The molecule has 0 aliphatic heterocycles. The molecule has 0 radical (unpaired) electrons. The Morgan fingerprint density at radius 1 is 1.03 bits per heavy atom. The molecule has 0 fully saturated rings. The van der Waals surface area contributed by atoms with E-state index >= 15 is 0 Å². The van der Waals surface area contributed by atoms with Crippen molar-refractivity contribution in [1.29, 1.82) is 0 Å². The van der Waals surface area contributed by atoms with Gasteiger partial charge in [0.2, 0.25) is 6.54 Å². The molecular formula is C23H26N2O6. The van der Waals surface area contributed by atoms with E-state index in [1.165, 1.54) is 6.21 Å². The molecule has 0 unspecified atom stereocenters. The Labute approximate surface area is 181 Å². The fourth-order valence-electron chi connectivity index (χ4n) is 3.19. The van der Waals surface area contributed by atoms with Crippen LogP contribution in [0.15, 0.2) is 59.6 Å². The van der Waals surface area contributed by atoms with Crippen LogP contribution in [0.2, 0.25) is 0 Å². The largest absolute Gasteiger partial charge is 0.464 e. The molecule has 0 saturated heterocycles. The van der Waals surface area contributed by atoms with Gasteiger partial charge in [-0.3, -0.25) is 15.1 Å². The first kappa shape index (κ1) is 23.7. The molecule has 0 spiro atoms. The van der Waals surface area contributed by atoms with Crippen LogP contribution in [0.3, 0.4) is 0 Å². The molecule has 164 valence electrons. The van der Waals surface area contributed by atoms with E-state index in [2.05, 4.69) is 4.99 Å². The fourth-order valence-corrected chi connectivity index (χ4v) is 3.19. The molecule has 8 nitrogen and oxygen atoms in total. The first-order chi connectivity index (χ1) is 14.8. The van der Waals surface area contributed by atoms with Crippen LogP contribution in [-0.4, -0.2) is 48.4 Å². The molecule has 0 saturated carbocycles. The van der Waals surface area contributed by atoms with E-state index in [9.17, 15) is 19.7 Å². The fraction of sp³-hybridized carbons (Fsp3) is 0.348. The van der Waals surface area contributed by atoms with Gasteiger partial charge in [0.25, 0.3) is 5.54 Å². The van der Waals surface area contributed by atoms with E-state index in [0.717, 1.165) is 5.56 Å². The average molecular weight is 426 g/mol. The number of carbonyl (C=O) groups excluding carboxylic acids is 2. The monoisotopic (exact) mass is 426 g/mol. The molecule has 0 aromatic heterocycles. The molecule has 2 rings (SSSR count). The number of aryl methyl sites for hydroxylation is 1. The van der Waals surface area contributed by atoms with Crippen molar-refractivity contribution in [3.8, 4) is 0 Å². The smallest absolute Gasteiger partial charge is 0.346 e. The number of aliphatic imine (C=N–C) groups is 1. The summed E-state index contributed by atoms with van der Waals surface area (Å²) in [6.45, 7) is 4.27. The van der Waals surface area contributed by atoms with Gasteiger partial charge in [-0.2, -0.15) is 0 Å². The van der Waals surface area contributed by atoms with E-state index in [1.54, 1.807) is 62.4 Å². The van der Waals surface area contributed by atoms with Crippen LogP contribution >= 0.6 is 0 Å². The van der Waals surface area contributed by atoms with E-state index in [0.29, 0.717) is 11.1 Å². The van der Waals surface area contributed by atoms with Crippen molar-refractivity contribution in [2.75, 3.05) is 19.8 Å². The number of ether oxygens (including phenoxy) is 2.